The van der Waals surface area contributed by atoms with E-state index in [4.69, 9.17) is 4.74 Å². The Morgan fingerprint density at radius 1 is 1.00 bits per heavy atom. The molecule has 0 saturated carbocycles. The van der Waals surface area contributed by atoms with Crippen LogP contribution < -0.4 is 4.90 Å². The summed E-state index contributed by atoms with van der Waals surface area (Å²) >= 11 is 0. The summed E-state index contributed by atoms with van der Waals surface area (Å²) in [5, 5.41) is 9.27. The maximum Gasteiger partial charge on any atom is 0.311 e. The number of piperazine rings is 1. The van der Waals surface area contributed by atoms with Crippen molar-refractivity contribution in [1.82, 2.24) is 4.90 Å². The smallest absolute Gasteiger partial charge is 0.311 e. The predicted octanol–water partition coefficient (Wildman–Crippen LogP) is 2.22. The molecule has 1 aliphatic heterocycles. The van der Waals surface area contributed by atoms with Gasteiger partial charge in [-0.15, -0.1) is 0 Å². The van der Waals surface area contributed by atoms with Gasteiger partial charge in [-0.25, -0.2) is 0 Å². The lowest BCUT2D eigenvalue weighted by molar-refractivity contribution is -0.158. The Hall–Kier alpha value is -3.02. The van der Waals surface area contributed by atoms with Crippen molar-refractivity contribution >= 4 is 17.6 Å². The van der Waals surface area contributed by atoms with Crippen LogP contribution in [0.3, 0.4) is 0 Å². The number of aromatic hydroxyl groups is 1. The van der Waals surface area contributed by atoms with E-state index in [-0.39, 0.29) is 18.1 Å². The van der Waals surface area contributed by atoms with Crippen LogP contribution in [-0.4, -0.2) is 54.2 Å². The summed E-state index contributed by atoms with van der Waals surface area (Å²) in [5.74, 6) is -0.475. The second-order valence-electron chi connectivity index (χ2n) is 6.62. The number of esters is 1. The fourth-order valence-corrected chi connectivity index (χ4v) is 3.15. The van der Waals surface area contributed by atoms with Gasteiger partial charge < -0.3 is 19.6 Å². The second kappa shape index (κ2) is 8.58. The van der Waals surface area contributed by atoms with E-state index in [1.54, 1.807) is 24.0 Å². The minimum atomic E-state index is -0.808. The Kier molecular flexibility index (Phi) is 5.96. The van der Waals surface area contributed by atoms with Gasteiger partial charge in [0.15, 0.2) is 6.10 Å². The number of phenolic OH excluding ortho intramolecular Hbond substituents is 1. The van der Waals surface area contributed by atoms with Gasteiger partial charge in [-0.3, -0.25) is 9.59 Å². The number of carbonyl (C=O) groups excluding carboxylic acids is 2. The number of amides is 1. The lowest BCUT2D eigenvalue weighted by Gasteiger charge is -2.37. The number of phenols is 1. The molecule has 0 spiro atoms. The van der Waals surface area contributed by atoms with Gasteiger partial charge in [-0.2, -0.15) is 0 Å². The number of anilines is 1. The number of hydrogen-bond donors (Lipinski definition) is 1. The van der Waals surface area contributed by atoms with E-state index in [0.717, 1.165) is 24.3 Å². The van der Waals surface area contributed by atoms with Crippen molar-refractivity contribution in [1.29, 1.82) is 0 Å². The van der Waals surface area contributed by atoms with Gasteiger partial charge in [0.1, 0.15) is 5.75 Å². The van der Waals surface area contributed by atoms with E-state index in [9.17, 15) is 14.7 Å². The molecular formula is C21H24N2O4. The van der Waals surface area contributed by atoms with Crippen molar-refractivity contribution in [2.24, 2.45) is 0 Å². The molecule has 0 aliphatic carbocycles. The van der Waals surface area contributed by atoms with Crippen molar-refractivity contribution < 1.29 is 19.4 Å². The molecule has 3 rings (SSSR count). The number of nitrogens with zero attached hydrogens (tertiary/aromatic N) is 2. The normalized spacial score (nSPS) is 15.3. The first kappa shape index (κ1) is 18.8. The molecule has 1 amide bonds. The molecule has 0 aromatic heterocycles. The van der Waals surface area contributed by atoms with Gasteiger partial charge in [-0.05, 0) is 36.8 Å². The average Bonchev–Trinajstić information content (AvgIpc) is 2.70. The van der Waals surface area contributed by atoms with Gasteiger partial charge in [0.05, 0.1) is 6.42 Å². The lowest BCUT2D eigenvalue weighted by Crippen LogP contribution is -2.51. The van der Waals surface area contributed by atoms with Gasteiger partial charge >= 0.3 is 5.97 Å². The van der Waals surface area contributed by atoms with Crippen LogP contribution in [0.25, 0.3) is 0 Å². The van der Waals surface area contributed by atoms with Crippen LogP contribution in [0.4, 0.5) is 5.69 Å². The van der Waals surface area contributed by atoms with E-state index in [1.807, 2.05) is 18.2 Å². The molecule has 0 radical (unpaired) electrons. The number of benzene rings is 2. The number of rotatable bonds is 5. The van der Waals surface area contributed by atoms with Gasteiger partial charge in [0, 0.05) is 31.9 Å². The molecule has 1 fully saturated rings. The quantitative estimate of drug-likeness (QED) is 0.820. The molecule has 1 atom stereocenters. The summed E-state index contributed by atoms with van der Waals surface area (Å²) in [6, 6.07) is 16.5. The Labute approximate surface area is 159 Å². The fourth-order valence-electron chi connectivity index (χ4n) is 3.15. The van der Waals surface area contributed by atoms with Crippen LogP contribution in [0, 0.1) is 0 Å². The highest BCUT2D eigenvalue weighted by Gasteiger charge is 2.27. The SMILES string of the molecule is C[C@H](OC(=O)Cc1ccc(O)cc1)C(=O)N1CCN(c2ccccc2)CC1. The van der Waals surface area contributed by atoms with Gasteiger partial charge in [-0.1, -0.05) is 30.3 Å². The molecule has 2 aromatic carbocycles. The van der Waals surface area contributed by atoms with Crippen LogP contribution >= 0.6 is 0 Å². The fraction of sp³-hybridized carbons (Fsp3) is 0.333. The highest BCUT2D eigenvalue weighted by Crippen LogP contribution is 2.16. The molecule has 27 heavy (non-hydrogen) atoms. The predicted molar refractivity (Wildman–Crippen MR) is 103 cm³/mol. The summed E-state index contributed by atoms with van der Waals surface area (Å²) in [5.41, 5.74) is 1.88. The van der Waals surface area contributed by atoms with Crippen LogP contribution in [0.2, 0.25) is 0 Å². The van der Waals surface area contributed by atoms with Crippen molar-refractivity contribution in [3.05, 3.63) is 60.2 Å². The molecule has 2 aromatic rings. The van der Waals surface area contributed by atoms with Crippen LogP contribution in [-0.2, 0) is 20.7 Å². The third-order valence-electron chi connectivity index (χ3n) is 4.65. The molecular weight excluding hydrogens is 344 g/mol. The zero-order chi connectivity index (χ0) is 19.2. The van der Waals surface area contributed by atoms with Crippen LogP contribution in [0.15, 0.2) is 54.6 Å². The second-order valence-corrected chi connectivity index (χ2v) is 6.62. The van der Waals surface area contributed by atoms with E-state index in [1.165, 1.54) is 12.1 Å². The maximum absolute atomic E-state index is 12.6. The molecule has 6 nitrogen and oxygen atoms in total. The molecule has 6 heteroatoms. The Morgan fingerprint density at radius 3 is 2.26 bits per heavy atom. The third kappa shape index (κ3) is 5.00. The van der Waals surface area contributed by atoms with Crippen molar-refractivity contribution in [3.8, 4) is 5.75 Å². The maximum atomic E-state index is 12.6. The minimum Gasteiger partial charge on any atom is -0.508 e. The first-order valence-electron chi connectivity index (χ1n) is 9.09. The number of ether oxygens (including phenoxy) is 1. The largest absolute Gasteiger partial charge is 0.508 e. The standard InChI is InChI=1S/C21H24N2O4/c1-16(27-20(25)15-17-7-9-19(24)10-8-17)21(26)23-13-11-22(12-14-23)18-5-3-2-4-6-18/h2-10,16,24H,11-15H2,1H3/t16-/m0/s1. The first-order valence-corrected chi connectivity index (χ1v) is 9.09. The first-order chi connectivity index (χ1) is 13.0. The summed E-state index contributed by atoms with van der Waals surface area (Å²) in [4.78, 5) is 28.6. The summed E-state index contributed by atoms with van der Waals surface area (Å²) in [6.07, 6.45) is -0.738. The third-order valence-corrected chi connectivity index (χ3v) is 4.65. The van der Waals surface area contributed by atoms with E-state index < -0.39 is 12.1 Å². The van der Waals surface area contributed by atoms with Gasteiger partial charge in [0.25, 0.3) is 5.91 Å². The summed E-state index contributed by atoms with van der Waals surface area (Å²) in [6.45, 7) is 4.33. The highest BCUT2D eigenvalue weighted by atomic mass is 16.5. The Bertz CT molecular complexity index is 769. The number of carbonyl (C=O) groups is 2. The molecule has 0 bridgehead atoms. The topological polar surface area (TPSA) is 70.1 Å². The van der Waals surface area contributed by atoms with Crippen LogP contribution in [0.5, 0.6) is 5.75 Å². The Balaban J connectivity index is 1.47. The zero-order valence-electron chi connectivity index (χ0n) is 15.4. The number of hydrogen-bond acceptors (Lipinski definition) is 5. The number of para-hydroxylation sites is 1. The molecule has 1 N–H and O–H groups in total. The van der Waals surface area contributed by atoms with E-state index >= 15 is 0 Å². The van der Waals surface area contributed by atoms with Crippen molar-refractivity contribution in [2.45, 2.75) is 19.4 Å². The van der Waals surface area contributed by atoms with Crippen molar-refractivity contribution in [2.75, 3.05) is 31.1 Å². The summed E-state index contributed by atoms with van der Waals surface area (Å²) < 4.78 is 5.30. The molecule has 0 unspecified atom stereocenters. The van der Waals surface area contributed by atoms with Crippen molar-refractivity contribution in [3.63, 3.8) is 0 Å². The molecule has 142 valence electrons. The minimum absolute atomic E-state index is 0.0691. The van der Waals surface area contributed by atoms with Gasteiger partial charge in [0.2, 0.25) is 0 Å². The molecule has 1 saturated heterocycles. The summed E-state index contributed by atoms with van der Waals surface area (Å²) in [7, 11) is 0. The van der Waals surface area contributed by atoms with Crippen LogP contribution in [0.1, 0.15) is 12.5 Å². The Morgan fingerprint density at radius 2 is 1.63 bits per heavy atom. The van der Waals surface area contributed by atoms with E-state index in [0.29, 0.717) is 13.1 Å². The molecule has 1 heterocycles. The lowest BCUT2D eigenvalue weighted by atomic mass is 10.1. The monoisotopic (exact) mass is 368 g/mol. The average molecular weight is 368 g/mol. The zero-order valence-corrected chi connectivity index (χ0v) is 15.4. The van der Waals surface area contributed by atoms with E-state index in [2.05, 4.69) is 17.0 Å². The molecule has 1 aliphatic rings. The highest BCUT2D eigenvalue weighted by molar-refractivity contribution is 5.84.